The van der Waals surface area contributed by atoms with Crippen LogP contribution in [-0.2, 0) is 6.42 Å². The van der Waals surface area contributed by atoms with Crippen LogP contribution in [0.1, 0.15) is 29.8 Å². The third-order valence-corrected chi connectivity index (χ3v) is 2.66. The van der Waals surface area contributed by atoms with Crippen molar-refractivity contribution >= 4 is 5.78 Å². The molecule has 0 atom stereocenters. The Morgan fingerprint density at radius 3 is 2.32 bits per heavy atom. The number of nitrogens with zero attached hydrogens (tertiary/aromatic N) is 1. The molecule has 1 aromatic heterocycles. The zero-order chi connectivity index (χ0) is 13.7. The predicted octanol–water partition coefficient (Wildman–Crippen LogP) is 3.29. The number of ketones is 1. The molecule has 0 N–H and O–H groups in total. The van der Waals surface area contributed by atoms with E-state index in [1.54, 1.807) is 24.5 Å². The van der Waals surface area contributed by atoms with Gasteiger partial charge in [-0.2, -0.15) is 0 Å². The van der Waals surface area contributed by atoms with Crippen LogP contribution in [0.5, 0.6) is 5.75 Å². The van der Waals surface area contributed by atoms with E-state index < -0.39 is 0 Å². The summed E-state index contributed by atoms with van der Waals surface area (Å²) in [5.74, 6) is 0.887. The molecule has 0 amide bonds. The van der Waals surface area contributed by atoms with Gasteiger partial charge in [0.1, 0.15) is 5.75 Å². The second-order valence-electron chi connectivity index (χ2n) is 4.65. The molecule has 2 rings (SSSR count). The van der Waals surface area contributed by atoms with Crippen molar-refractivity contribution in [2.75, 3.05) is 0 Å². The van der Waals surface area contributed by atoms with Crippen molar-refractivity contribution in [3.63, 3.8) is 0 Å². The highest BCUT2D eigenvalue weighted by Crippen LogP contribution is 2.15. The smallest absolute Gasteiger partial charge is 0.167 e. The summed E-state index contributed by atoms with van der Waals surface area (Å²) in [6, 6.07) is 11.0. The number of benzene rings is 1. The Kier molecular flexibility index (Phi) is 4.29. The van der Waals surface area contributed by atoms with E-state index in [0.29, 0.717) is 12.0 Å². The van der Waals surface area contributed by atoms with Gasteiger partial charge in [0.2, 0.25) is 0 Å². The summed E-state index contributed by atoms with van der Waals surface area (Å²) in [7, 11) is 0. The van der Waals surface area contributed by atoms with Crippen molar-refractivity contribution in [3.05, 3.63) is 59.9 Å². The van der Waals surface area contributed by atoms with Crippen LogP contribution in [0.15, 0.2) is 48.8 Å². The number of rotatable bonds is 5. The first-order valence-corrected chi connectivity index (χ1v) is 6.34. The molecule has 0 unspecified atom stereocenters. The lowest BCUT2D eigenvalue weighted by Gasteiger charge is -2.09. The number of ether oxygens (including phenoxy) is 1. The molecule has 2 aromatic rings. The standard InChI is InChI=1S/C16H17NO2/c1-12(2)19-15-5-3-14(4-6-15)16(18)11-13-7-9-17-10-8-13/h3-10,12H,11H2,1-2H3. The normalized spacial score (nSPS) is 10.5. The molecule has 0 bridgehead atoms. The first-order chi connectivity index (χ1) is 9.15. The van der Waals surface area contributed by atoms with Gasteiger partial charge in [-0.1, -0.05) is 0 Å². The van der Waals surface area contributed by atoms with Gasteiger partial charge in [0.05, 0.1) is 6.10 Å². The third-order valence-electron chi connectivity index (χ3n) is 2.66. The molecule has 3 nitrogen and oxygen atoms in total. The van der Waals surface area contributed by atoms with Crippen LogP contribution < -0.4 is 4.74 Å². The van der Waals surface area contributed by atoms with E-state index in [1.165, 1.54) is 0 Å². The summed E-state index contributed by atoms with van der Waals surface area (Å²) in [6.45, 7) is 3.95. The summed E-state index contributed by atoms with van der Waals surface area (Å²) in [4.78, 5) is 16.0. The van der Waals surface area contributed by atoms with Crippen LogP contribution >= 0.6 is 0 Å². The lowest BCUT2D eigenvalue weighted by atomic mass is 10.0. The second kappa shape index (κ2) is 6.14. The van der Waals surface area contributed by atoms with E-state index in [0.717, 1.165) is 11.3 Å². The van der Waals surface area contributed by atoms with Crippen molar-refractivity contribution < 1.29 is 9.53 Å². The molecule has 0 aliphatic rings. The molecule has 98 valence electrons. The van der Waals surface area contributed by atoms with Gasteiger partial charge in [-0.15, -0.1) is 0 Å². The predicted molar refractivity (Wildman–Crippen MR) is 74.5 cm³/mol. The van der Waals surface area contributed by atoms with Crippen LogP contribution in [0.2, 0.25) is 0 Å². The zero-order valence-electron chi connectivity index (χ0n) is 11.2. The zero-order valence-corrected chi connectivity index (χ0v) is 11.2. The lowest BCUT2D eigenvalue weighted by Crippen LogP contribution is -2.06. The molecule has 0 saturated carbocycles. The molecule has 0 fully saturated rings. The van der Waals surface area contributed by atoms with E-state index in [4.69, 9.17) is 4.74 Å². The molecule has 0 radical (unpaired) electrons. The molecule has 0 aliphatic carbocycles. The second-order valence-corrected chi connectivity index (χ2v) is 4.65. The molecule has 0 saturated heterocycles. The third kappa shape index (κ3) is 3.91. The quantitative estimate of drug-likeness (QED) is 0.769. The highest BCUT2D eigenvalue weighted by molar-refractivity contribution is 5.97. The maximum Gasteiger partial charge on any atom is 0.167 e. The van der Waals surface area contributed by atoms with E-state index in [-0.39, 0.29) is 11.9 Å². The summed E-state index contributed by atoms with van der Waals surface area (Å²) >= 11 is 0. The van der Waals surface area contributed by atoms with Gasteiger partial charge in [-0.3, -0.25) is 9.78 Å². The van der Waals surface area contributed by atoms with Crippen LogP contribution in [0.3, 0.4) is 0 Å². The topological polar surface area (TPSA) is 39.2 Å². The average molecular weight is 255 g/mol. The van der Waals surface area contributed by atoms with Crippen molar-refractivity contribution in [1.29, 1.82) is 0 Å². The van der Waals surface area contributed by atoms with Crippen molar-refractivity contribution in [3.8, 4) is 5.75 Å². The molecule has 3 heteroatoms. The van der Waals surface area contributed by atoms with Gasteiger partial charge in [0.25, 0.3) is 0 Å². The van der Waals surface area contributed by atoms with Gasteiger partial charge < -0.3 is 4.74 Å². The first kappa shape index (κ1) is 13.3. The van der Waals surface area contributed by atoms with Crippen LogP contribution in [0, 0.1) is 0 Å². The lowest BCUT2D eigenvalue weighted by molar-refractivity contribution is 0.0993. The van der Waals surface area contributed by atoms with Gasteiger partial charge in [-0.25, -0.2) is 0 Å². The SMILES string of the molecule is CC(C)Oc1ccc(C(=O)Cc2ccncc2)cc1. The van der Waals surface area contributed by atoms with Crippen molar-refractivity contribution in [2.45, 2.75) is 26.4 Å². The van der Waals surface area contributed by atoms with E-state index in [9.17, 15) is 4.79 Å². The summed E-state index contributed by atoms with van der Waals surface area (Å²) in [5, 5.41) is 0. The Morgan fingerprint density at radius 1 is 1.11 bits per heavy atom. The highest BCUT2D eigenvalue weighted by Gasteiger charge is 2.07. The van der Waals surface area contributed by atoms with E-state index in [1.807, 2.05) is 38.1 Å². The van der Waals surface area contributed by atoms with Gasteiger partial charge in [-0.05, 0) is 55.8 Å². The molecule has 1 aromatic carbocycles. The van der Waals surface area contributed by atoms with Gasteiger partial charge >= 0.3 is 0 Å². The van der Waals surface area contributed by atoms with Crippen LogP contribution in [0.25, 0.3) is 0 Å². The Hall–Kier alpha value is -2.16. The molecular weight excluding hydrogens is 238 g/mol. The Bertz CT molecular complexity index is 532. The fourth-order valence-corrected chi connectivity index (χ4v) is 1.78. The number of Topliss-reactive ketones (excluding diaryl/α,β-unsaturated/α-hetero) is 1. The first-order valence-electron chi connectivity index (χ1n) is 6.34. The van der Waals surface area contributed by atoms with E-state index in [2.05, 4.69) is 4.98 Å². The number of aromatic nitrogens is 1. The minimum Gasteiger partial charge on any atom is -0.491 e. The number of pyridine rings is 1. The van der Waals surface area contributed by atoms with Gasteiger partial charge in [0.15, 0.2) is 5.78 Å². The summed E-state index contributed by atoms with van der Waals surface area (Å²) in [6.07, 6.45) is 3.93. The van der Waals surface area contributed by atoms with Gasteiger partial charge in [0, 0.05) is 24.4 Å². The maximum atomic E-state index is 12.1. The number of carbonyl (C=O) groups excluding carboxylic acids is 1. The monoisotopic (exact) mass is 255 g/mol. The Balaban J connectivity index is 2.04. The van der Waals surface area contributed by atoms with Crippen molar-refractivity contribution in [2.24, 2.45) is 0 Å². The number of hydrogen-bond acceptors (Lipinski definition) is 3. The highest BCUT2D eigenvalue weighted by atomic mass is 16.5. The fraction of sp³-hybridized carbons (Fsp3) is 0.250. The summed E-state index contributed by atoms with van der Waals surface area (Å²) < 4.78 is 5.55. The van der Waals surface area contributed by atoms with Crippen LogP contribution in [-0.4, -0.2) is 16.9 Å². The Morgan fingerprint density at radius 2 is 1.74 bits per heavy atom. The molecule has 0 aliphatic heterocycles. The fourth-order valence-electron chi connectivity index (χ4n) is 1.78. The summed E-state index contributed by atoms with van der Waals surface area (Å²) in [5.41, 5.74) is 1.68. The minimum atomic E-state index is 0.0993. The molecule has 19 heavy (non-hydrogen) atoms. The van der Waals surface area contributed by atoms with Crippen LogP contribution in [0.4, 0.5) is 0 Å². The minimum absolute atomic E-state index is 0.0993. The molecular formula is C16H17NO2. The van der Waals surface area contributed by atoms with Crippen molar-refractivity contribution in [1.82, 2.24) is 4.98 Å². The Labute approximate surface area is 113 Å². The maximum absolute atomic E-state index is 12.1. The largest absolute Gasteiger partial charge is 0.491 e. The molecule has 1 heterocycles. The number of hydrogen-bond donors (Lipinski definition) is 0. The molecule has 0 spiro atoms. The average Bonchev–Trinajstić information content (AvgIpc) is 2.40. The van der Waals surface area contributed by atoms with E-state index >= 15 is 0 Å². The number of carbonyl (C=O) groups is 1.